The first-order valence-electron chi connectivity index (χ1n) is 3.55. The minimum Gasteiger partial charge on any atom is -0.348 e. The Kier molecular flexibility index (Phi) is 4.60. The molecule has 0 radical (unpaired) electrons. The van der Waals surface area contributed by atoms with E-state index in [1.807, 2.05) is 27.7 Å². The summed E-state index contributed by atoms with van der Waals surface area (Å²) in [5, 5.41) is 0. The van der Waals surface area contributed by atoms with E-state index >= 15 is 0 Å². The third-order valence-corrected chi connectivity index (χ3v) is 0.797. The third kappa shape index (κ3) is 7.88. The minimum absolute atomic E-state index is 0.116. The van der Waals surface area contributed by atoms with Crippen molar-refractivity contribution in [3.8, 4) is 0 Å². The number of hydroxylamine groups is 1. The average molecular weight is 147 g/mol. The van der Waals surface area contributed by atoms with Gasteiger partial charge in [-0.1, -0.05) is 6.92 Å². The molecule has 3 heteroatoms. The first kappa shape index (κ1) is 9.88. The summed E-state index contributed by atoms with van der Waals surface area (Å²) in [5.74, 6) is 0. The number of rotatable bonds is 4. The van der Waals surface area contributed by atoms with Crippen LogP contribution in [0.1, 0.15) is 27.7 Å². The van der Waals surface area contributed by atoms with Crippen molar-refractivity contribution in [1.29, 1.82) is 0 Å². The molecule has 0 aliphatic carbocycles. The highest BCUT2D eigenvalue weighted by atomic mass is 16.8. The van der Waals surface area contributed by atoms with Gasteiger partial charge in [0, 0.05) is 6.54 Å². The van der Waals surface area contributed by atoms with Crippen molar-refractivity contribution in [3.63, 3.8) is 0 Å². The molecule has 0 bridgehead atoms. The summed E-state index contributed by atoms with van der Waals surface area (Å²) in [6, 6.07) is 0. The van der Waals surface area contributed by atoms with Crippen molar-refractivity contribution in [2.75, 3.05) is 13.3 Å². The van der Waals surface area contributed by atoms with E-state index in [0.717, 1.165) is 6.54 Å². The van der Waals surface area contributed by atoms with Gasteiger partial charge >= 0.3 is 0 Å². The lowest BCUT2D eigenvalue weighted by molar-refractivity contribution is -0.149. The number of hydrogen-bond acceptors (Lipinski definition) is 3. The molecule has 0 aliphatic rings. The monoisotopic (exact) mass is 147 g/mol. The first-order valence-corrected chi connectivity index (χ1v) is 3.55. The minimum atomic E-state index is -0.116. The lowest BCUT2D eigenvalue weighted by atomic mass is 10.2. The Hall–Kier alpha value is -0.120. The van der Waals surface area contributed by atoms with Gasteiger partial charge in [0.1, 0.15) is 0 Å². The summed E-state index contributed by atoms with van der Waals surface area (Å²) in [5.41, 5.74) is 2.58. The fourth-order valence-electron chi connectivity index (χ4n) is 0.350. The molecular weight excluding hydrogens is 130 g/mol. The molecule has 0 rings (SSSR count). The van der Waals surface area contributed by atoms with E-state index < -0.39 is 0 Å². The van der Waals surface area contributed by atoms with Crippen LogP contribution >= 0.6 is 0 Å². The fraction of sp³-hybridized carbons (Fsp3) is 1.00. The summed E-state index contributed by atoms with van der Waals surface area (Å²) in [4.78, 5) is 4.89. The highest BCUT2D eigenvalue weighted by Crippen LogP contribution is 2.05. The van der Waals surface area contributed by atoms with E-state index in [4.69, 9.17) is 9.57 Å². The van der Waals surface area contributed by atoms with Crippen LogP contribution < -0.4 is 5.48 Å². The molecule has 0 fully saturated rings. The second-order valence-corrected chi connectivity index (χ2v) is 3.02. The van der Waals surface area contributed by atoms with Crippen LogP contribution in [0.2, 0.25) is 0 Å². The van der Waals surface area contributed by atoms with E-state index in [9.17, 15) is 0 Å². The Morgan fingerprint density at radius 2 is 1.90 bits per heavy atom. The van der Waals surface area contributed by atoms with Crippen LogP contribution in [0.4, 0.5) is 0 Å². The van der Waals surface area contributed by atoms with Crippen LogP contribution in [0, 0.1) is 0 Å². The van der Waals surface area contributed by atoms with Crippen molar-refractivity contribution >= 4 is 0 Å². The molecule has 0 aromatic heterocycles. The van der Waals surface area contributed by atoms with Gasteiger partial charge in [-0.25, -0.2) is 5.48 Å². The van der Waals surface area contributed by atoms with Crippen LogP contribution in [-0.2, 0) is 9.57 Å². The molecule has 3 nitrogen and oxygen atoms in total. The number of hydrogen-bond donors (Lipinski definition) is 1. The zero-order chi connectivity index (χ0) is 8.04. The van der Waals surface area contributed by atoms with Gasteiger partial charge in [0.05, 0.1) is 5.60 Å². The molecule has 0 heterocycles. The lowest BCUT2D eigenvalue weighted by Crippen LogP contribution is -2.24. The zero-order valence-corrected chi connectivity index (χ0v) is 7.23. The Morgan fingerprint density at radius 1 is 1.30 bits per heavy atom. The van der Waals surface area contributed by atoms with Gasteiger partial charge in [0.15, 0.2) is 6.79 Å². The molecule has 0 amide bonds. The third-order valence-electron chi connectivity index (χ3n) is 0.797. The van der Waals surface area contributed by atoms with E-state index in [0.29, 0.717) is 6.79 Å². The Morgan fingerprint density at radius 3 is 2.30 bits per heavy atom. The van der Waals surface area contributed by atoms with Crippen molar-refractivity contribution in [2.24, 2.45) is 0 Å². The van der Waals surface area contributed by atoms with E-state index in [2.05, 4.69) is 5.48 Å². The molecule has 1 N–H and O–H groups in total. The summed E-state index contributed by atoms with van der Waals surface area (Å²) < 4.78 is 5.25. The second-order valence-electron chi connectivity index (χ2n) is 3.02. The van der Waals surface area contributed by atoms with Crippen LogP contribution in [0.5, 0.6) is 0 Å². The molecule has 0 saturated carbocycles. The largest absolute Gasteiger partial charge is 0.348 e. The summed E-state index contributed by atoms with van der Waals surface area (Å²) in [7, 11) is 0. The smallest absolute Gasteiger partial charge is 0.167 e. The van der Waals surface area contributed by atoms with Crippen LogP contribution in [0.25, 0.3) is 0 Å². The molecule has 0 saturated heterocycles. The quantitative estimate of drug-likeness (QED) is 0.369. The maximum atomic E-state index is 5.25. The molecule has 0 atom stereocenters. The van der Waals surface area contributed by atoms with Crippen LogP contribution in [0.15, 0.2) is 0 Å². The topological polar surface area (TPSA) is 30.5 Å². The standard InChI is InChI=1S/C7H17NO2/c1-5-8-10-6-9-7(2,3)4/h8H,5-6H2,1-4H3. The normalized spacial score (nSPS) is 12.0. The zero-order valence-electron chi connectivity index (χ0n) is 7.23. The summed E-state index contributed by atoms with van der Waals surface area (Å²) in [6.45, 7) is 9.04. The van der Waals surface area contributed by atoms with Crippen molar-refractivity contribution in [2.45, 2.75) is 33.3 Å². The lowest BCUT2D eigenvalue weighted by Gasteiger charge is -2.18. The van der Waals surface area contributed by atoms with Crippen molar-refractivity contribution < 1.29 is 9.57 Å². The van der Waals surface area contributed by atoms with E-state index in [1.54, 1.807) is 0 Å². The van der Waals surface area contributed by atoms with Gasteiger partial charge in [-0.2, -0.15) is 0 Å². The summed E-state index contributed by atoms with van der Waals surface area (Å²) >= 11 is 0. The van der Waals surface area contributed by atoms with Gasteiger partial charge < -0.3 is 4.74 Å². The van der Waals surface area contributed by atoms with Gasteiger partial charge in [-0.05, 0) is 20.8 Å². The maximum absolute atomic E-state index is 5.25. The van der Waals surface area contributed by atoms with E-state index in [1.165, 1.54) is 0 Å². The first-order chi connectivity index (χ1) is 4.56. The van der Waals surface area contributed by atoms with Gasteiger partial charge in [-0.3, -0.25) is 4.84 Å². The molecule has 10 heavy (non-hydrogen) atoms. The Bertz CT molecular complexity index is 78.2. The predicted octanol–water partition coefficient (Wildman–Crippen LogP) is 1.30. The highest BCUT2D eigenvalue weighted by molar-refractivity contribution is 4.56. The highest BCUT2D eigenvalue weighted by Gasteiger charge is 2.08. The number of ether oxygens (including phenoxy) is 1. The Balaban J connectivity index is 3.04. The number of nitrogens with one attached hydrogen (secondary N) is 1. The molecule has 0 aromatic rings. The van der Waals surface area contributed by atoms with E-state index in [-0.39, 0.29) is 5.60 Å². The van der Waals surface area contributed by atoms with Crippen LogP contribution in [-0.4, -0.2) is 18.9 Å². The van der Waals surface area contributed by atoms with Crippen molar-refractivity contribution in [1.82, 2.24) is 5.48 Å². The molecule has 0 unspecified atom stereocenters. The van der Waals surface area contributed by atoms with Crippen molar-refractivity contribution in [3.05, 3.63) is 0 Å². The summed E-state index contributed by atoms with van der Waals surface area (Å²) in [6.07, 6.45) is 0. The second kappa shape index (κ2) is 4.66. The fourth-order valence-corrected chi connectivity index (χ4v) is 0.350. The SMILES string of the molecule is CCNOCOC(C)(C)C. The predicted molar refractivity (Wildman–Crippen MR) is 40.5 cm³/mol. The molecule has 0 aliphatic heterocycles. The maximum Gasteiger partial charge on any atom is 0.167 e. The molecule has 62 valence electrons. The molecule has 0 aromatic carbocycles. The molecular formula is C7H17NO2. The van der Waals surface area contributed by atoms with Gasteiger partial charge in [0.2, 0.25) is 0 Å². The molecule has 0 spiro atoms. The van der Waals surface area contributed by atoms with Crippen LogP contribution in [0.3, 0.4) is 0 Å². The average Bonchev–Trinajstić information content (AvgIpc) is 1.78. The van der Waals surface area contributed by atoms with Gasteiger partial charge in [-0.15, -0.1) is 0 Å². The van der Waals surface area contributed by atoms with Gasteiger partial charge in [0.25, 0.3) is 0 Å². The Labute approximate surface area is 62.7 Å².